The van der Waals surface area contributed by atoms with Crippen LogP contribution in [0.5, 0.6) is 0 Å². The van der Waals surface area contributed by atoms with Crippen LogP contribution in [0.3, 0.4) is 0 Å². The van der Waals surface area contributed by atoms with E-state index < -0.39 is 0 Å². The molecule has 106 valence electrons. The van der Waals surface area contributed by atoms with Crippen LogP contribution >= 0.6 is 27.7 Å². The summed E-state index contributed by atoms with van der Waals surface area (Å²) in [6.45, 7) is 7.82. The highest BCUT2D eigenvalue weighted by Crippen LogP contribution is 2.30. The molecule has 1 N–H and O–H groups in total. The molecule has 1 aliphatic heterocycles. The van der Waals surface area contributed by atoms with E-state index in [0.717, 1.165) is 36.1 Å². The highest BCUT2D eigenvalue weighted by atomic mass is 79.9. The fourth-order valence-corrected chi connectivity index (χ4v) is 4.08. The molecule has 1 aromatic rings. The number of aliphatic hydroxyl groups is 1. The molecule has 1 aliphatic rings. The van der Waals surface area contributed by atoms with Crippen molar-refractivity contribution in [3.05, 3.63) is 34.3 Å². The van der Waals surface area contributed by atoms with Crippen LogP contribution in [0.25, 0.3) is 0 Å². The van der Waals surface area contributed by atoms with E-state index in [1.165, 1.54) is 5.75 Å². The Bertz CT molecular complexity index is 424. The molecule has 2 rings (SSSR count). The second-order valence-corrected chi connectivity index (χ2v) is 8.46. The first-order valence-electron chi connectivity index (χ1n) is 6.76. The predicted octanol–water partition coefficient (Wildman–Crippen LogP) is 3.70. The molecule has 1 unspecified atom stereocenters. The van der Waals surface area contributed by atoms with Gasteiger partial charge in [0.25, 0.3) is 0 Å². The largest absolute Gasteiger partial charge is 0.388 e. The van der Waals surface area contributed by atoms with Crippen molar-refractivity contribution in [3.8, 4) is 0 Å². The lowest BCUT2D eigenvalue weighted by atomic mass is 10.1. The van der Waals surface area contributed by atoms with E-state index in [4.69, 9.17) is 0 Å². The fraction of sp³-hybridized carbons (Fsp3) is 0.600. The molecule has 19 heavy (non-hydrogen) atoms. The molecule has 0 radical (unpaired) electrons. The van der Waals surface area contributed by atoms with Gasteiger partial charge in [-0.3, -0.25) is 0 Å². The zero-order valence-electron chi connectivity index (χ0n) is 11.6. The first kappa shape index (κ1) is 15.4. The fourth-order valence-electron chi connectivity index (χ4n) is 2.49. The predicted molar refractivity (Wildman–Crippen MR) is 86.7 cm³/mol. The number of benzene rings is 1. The number of nitrogens with zero attached hydrogens (tertiary/aromatic N) is 1. The molecule has 0 saturated carbocycles. The quantitative estimate of drug-likeness (QED) is 0.901. The Kier molecular flexibility index (Phi) is 5.35. The number of aliphatic hydroxyl groups excluding tert-OH is 1. The maximum Gasteiger partial charge on any atom is 0.0802 e. The molecule has 0 bridgehead atoms. The average Bonchev–Trinajstić information content (AvgIpc) is 2.35. The second kappa shape index (κ2) is 6.61. The summed E-state index contributed by atoms with van der Waals surface area (Å²) >= 11 is 5.50. The molecule has 0 aromatic heterocycles. The first-order chi connectivity index (χ1) is 8.96. The van der Waals surface area contributed by atoms with Gasteiger partial charge >= 0.3 is 0 Å². The molecule has 2 nitrogen and oxygen atoms in total. The third kappa shape index (κ3) is 4.78. The molecular formula is C15H22BrNOS. The van der Waals surface area contributed by atoms with Crippen molar-refractivity contribution in [1.82, 2.24) is 4.90 Å². The van der Waals surface area contributed by atoms with Gasteiger partial charge in [-0.15, -0.1) is 0 Å². The van der Waals surface area contributed by atoms with Gasteiger partial charge in [0, 0.05) is 34.6 Å². The minimum atomic E-state index is -0.366. The molecule has 0 spiro atoms. The van der Waals surface area contributed by atoms with Crippen LogP contribution in [0.4, 0.5) is 0 Å². The van der Waals surface area contributed by atoms with Crippen LogP contribution in [0.1, 0.15) is 31.9 Å². The van der Waals surface area contributed by atoms with Crippen molar-refractivity contribution < 1.29 is 5.11 Å². The highest BCUT2D eigenvalue weighted by molar-refractivity contribution is 9.10. The summed E-state index contributed by atoms with van der Waals surface area (Å²) in [6.07, 6.45) is 0.437. The van der Waals surface area contributed by atoms with Crippen LogP contribution in [-0.4, -0.2) is 40.1 Å². The lowest BCUT2D eigenvalue weighted by Gasteiger charge is -2.37. The highest BCUT2D eigenvalue weighted by Gasteiger charge is 2.26. The minimum absolute atomic E-state index is 0.346. The van der Waals surface area contributed by atoms with Crippen LogP contribution < -0.4 is 0 Å². The lowest BCUT2D eigenvalue weighted by Crippen LogP contribution is -2.43. The van der Waals surface area contributed by atoms with Gasteiger partial charge in [-0.05, 0) is 38.0 Å². The Labute approximate surface area is 128 Å². The van der Waals surface area contributed by atoms with Crippen molar-refractivity contribution in [2.45, 2.75) is 31.1 Å². The molecule has 4 heteroatoms. The normalized spacial score (nSPS) is 21.3. The number of hydrogen-bond acceptors (Lipinski definition) is 3. The smallest absolute Gasteiger partial charge is 0.0802 e. The van der Waals surface area contributed by atoms with E-state index in [9.17, 15) is 5.11 Å². The van der Waals surface area contributed by atoms with E-state index in [0.29, 0.717) is 4.75 Å². The standard InChI is InChI=1S/C15H22BrNOS/c1-15(2)11-17(8-9-19-15)7-6-14(18)12-4-3-5-13(16)10-12/h3-5,10,14,18H,6-9,11H2,1-2H3. The van der Waals surface area contributed by atoms with Crippen molar-refractivity contribution in [2.75, 3.05) is 25.4 Å². The first-order valence-corrected chi connectivity index (χ1v) is 8.54. The molecule has 0 aliphatic carbocycles. The zero-order valence-corrected chi connectivity index (χ0v) is 14.0. The summed E-state index contributed by atoms with van der Waals surface area (Å²) in [5.74, 6) is 1.19. The summed E-state index contributed by atoms with van der Waals surface area (Å²) < 4.78 is 1.37. The Morgan fingerprint density at radius 2 is 2.26 bits per heavy atom. The monoisotopic (exact) mass is 343 g/mol. The van der Waals surface area contributed by atoms with E-state index in [2.05, 4.69) is 34.7 Å². The summed E-state index contributed by atoms with van der Waals surface area (Å²) in [5.41, 5.74) is 1.00. The summed E-state index contributed by atoms with van der Waals surface area (Å²) in [7, 11) is 0. The Morgan fingerprint density at radius 3 is 2.95 bits per heavy atom. The lowest BCUT2D eigenvalue weighted by molar-refractivity contribution is 0.140. The van der Waals surface area contributed by atoms with Gasteiger partial charge in [-0.25, -0.2) is 0 Å². The van der Waals surface area contributed by atoms with Crippen molar-refractivity contribution >= 4 is 27.7 Å². The van der Waals surface area contributed by atoms with Crippen LogP contribution in [0.2, 0.25) is 0 Å². The van der Waals surface area contributed by atoms with Gasteiger partial charge in [0.2, 0.25) is 0 Å². The van der Waals surface area contributed by atoms with Crippen LogP contribution in [-0.2, 0) is 0 Å². The van der Waals surface area contributed by atoms with Crippen molar-refractivity contribution in [1.29, 1.82) is 0 Å². The van der Waals surface area contributed by atoms with Crippen LogP contribution in [0, 0.1) is 0 Å². The number of thioether (sulfide) groups is 1. The molecular weight excluding hydrogens is 322 g/mol. The maximum atomic E-state index is 10.3. The Hall–Kier alpha value is -0.0300. The van der Waals surface area contributed by atoms with Crippen LogP contribution in [0.15, 0.2) is 28.7 Å². The maximum absolute atomic E-state index is 10.3. The molecule has 1 heterocycles. The average molecular weight is 344 g/mol. The van der Waals surface area contributed by atoms with Gasteiger partial charge in [0.1, 0.15) is 0 Å². The van der Waals surface area contributed by atoms with Gasteiger partial charge in [0.05, 0.1) is 6.10 Å². The number of hydrogen-bond donors (Lipinski definition) is 1. The van der Waals surface area contributed by atoms with E-state index in [1.54, 1.807) is 0 Å². The SMILES string of the molecule is CC1(C)CN(CCC(O)c2cccc(Br)c2)CCS1. The molecule has 0 amide bonds. The molecule has 1 atom stereocenters. The third-order valence-corrected chi connectivity index (χ3v) is 5.25. The summed E-state index contributed by atoms with van der Waals surface area (Å²) in [5, 5.41) is 10.3. The molecule has 1 saturated heterocycles. The van der Waals surface area contributed by atoms with Gasteiger partial charge in [-0.2, -0.15) is 11.8 Å². The Morgan fingerprint density at radius 1 is 1.47 bits per heavy atom. The zero-order chi connectivity index (χ0) is 13.9. The van der Waals surface area contributed by atoms with Gasteiger partial charge in [0.15, 0.2) is 0 Å². The summed E-state index contributed by atoms with van der Waals surface area (Å²) in [6, 6.07) is 7.95. The Balaban J connectivity index is 1.85. The number of halogens is 1. The van der Waals surface area contributed by atoms with Crippen molar-refractivity contribution in [3.63, 3.8) is 0 Å². The van der Waals surface area contributed by atoms with Gasteiger partial charge < -0.3 is 10.0 Å². The number of rotatable bonds is 4. The third-order valence-electron chi connectivity index (χ3n) is 3.46. The van der Waals surface area contributed by atoms with E-state index in [-0.39, 0.29) is 6.10 Å². The van der Waals surface area contributed by atoms with E-state index in [1.807, 2.05) is 36.0 Å². The topological polar surface area (TPSA) is 23.5 Å². The molecule has 1 fully saturated rings. The van der Waals surface area contributed by atoms with Crippen molar-refractivity contribution in [2.24, 2.45) is 0 Å². The van der Waals surface area contributed by atoms with Gasteiger partial charge in [-0.1, -0.05) is 28.1 Å². The summed E-state index contributed by atoms with van der Waals surface area (Å²) in [4.78, 5) is 2.47. The molecule has 1 aromatic carbocycles. The second-order valence-electron chi connectivity index (χ2n) is 5.74. The van der Waals surface area contributed by atoms with E-state index >= 15 is 0 Å². The minimum Gasteiger partial charge on any atom is -0.388 e.